The van der Waals surface area contributed by atoms with Crippen LogP contribution in [0, 0.1) is 11.3 Å². The van der Waals surface area contributed by atoms with Crippen molar-refractivity contribution in [1.82, 2.24) is 0 Å². The Morgan fingerprint density at radius 2 is 2.00 bits per heavy atom. The largest absolute Gasteiger partial charge is 0.415 e. The van der Waals surface area contributed by atoms with Crippen molar-refractivity contribution in [1.29, 1.82) is 5.26 Å². The fraction of sp³-hybridized carbons (Fsp3) is 0.750. The molecular formula is C4H4F3NO. The predicted molar refractivity (Wildman–Crippen MR) is 22.3 cm³/mol. The molecule has 5 heteroatoms. The third kappa shape index (κ3) is 2.93. The fourth-order valence-corrected chi connectivity index (χ4v) is 0.202. The maximum Gasteiger partial charge on any atom is 0.415 e. The lowest BCUT2D eigenvalue weighted by atomic mass is 10.3. The van der Waals surface area contributed by atoms with Gasteiger partial charge in [-0.05, 0) is 0 Å². The predicted octanol–water partition coefficient (Wildman–Crippen LogP) is 0.823. The summed E-state index contributed by atoms with van der Waals surface area (Å²) in [4.78, 5) is 0. The summed E-state index contributed by atoms with van der Waals surface area (Å²) in [5.41, 5.74) is 0. The standard InChI is InChI=1S/C4H4F3NO/c5-4(6,7)3(9)1-2-8/h3,9H,1H2. The summed E-state index contributed by atoms with van der Waals surface area (Å²) in [6, 6.07) is 1.20. The molecule has 9 heavy (non-hydrogen) atoms. The summed E-state index contributed by atoms with van der Waals surface area (Å²) in [6.45, 7) is 0. The van der Waals surface area contributed by atoms with Gasteiger partial charge in [-0.1, -0.05) is 0 Å². The Labute approximate surface area is 49.5 Å². The number of hydrogen-bond donors (Lipinski definition) is 1. The van der Waals surface area contributed by atoms with Crippen LogP contribution in [0.25, 0.3) is 0 Å². The van der Waals surface area contributed by atoms with Gasteiger partial charge in [-0.25, -0.2) is 0 Å². The normalized spacial score (nSPS) is 14.6. The number of alkyl halides is 3. The van der Waals surface area contributed by atoms with Crippen molar-refractivity contribution < 1.29 is 18.3 Å². The first kappa shape index (κ1) is 8.24. The van der Waals surface area contributed by atoms with E-state index in [1.807, 2.05) is 0 Å². The van der Waals surface area contributed by atoms with Crippen molar-refractivity contribution in [2.24, 2.45) is 0 Å². The number of nitrogens with zero attached hydrogens (tertiary/aromatic N) is 1. The Balaban J connectivity index is 3.76. The number of nitriles is 1. The molecule has 0 radical (unpaired) electrons. The number of halogens is 3. The van der Waals surface area contributed by atoms with Crippen LogP contribution in [0.1, 0.15) is 6.42 Å². The van der Waals surface area contributed by atoms with E-state index in [2.05, 4.69) is 0 Å². The maximum absolute atomic E-state index is 11.2. The van der Waals surface area contributed by atoms with E-state index in [1.54, 1.807) is 0 Å². The number of rotatable bonds is 1. The SMILES string of the molecule is N#CCC(O)C(F)(F)F. The summed E-state index contributed by atoms with van der Waals surface area (Å²) in [6.07, 6.45) is -8.05. The van der Waals surface area contributed by atoms with Crippen molar-refractivity contribution in [2.45, 2.75) is 18.7 Å². The van der Waals surface area contributed by atoms with Gasteiger partial charge >= 0.3 is 6.18 Å². The molecule has 0 saturated heterocycles. The Morgan fingerprint density at radius 3 is 2.11 bits per heavy atom. The number of hydrogen-bond acceptors (Lipinski definition) is 2. The molecule has 0 aliphatic heterocycles. The molecule has 0 heterocycles. The third-order valence-electron chi connectivity index (χ3n) is 0.662. The first-order valence-electron chi connectivity index (χ1n) is 2.10. The van der Waals surface area contributed by atoms with E-state index in [0.717, 1.165) is 0 Å². The average Bonchev–Trinajstić information content (AvgIpc) is 1.64. The maximum atomic E-state index is 11.2. The summed E-state index contributed by atoms with van der Waals surface area (Å²) in [5.74, 6) is 0. The van der Waals surface area contributed by atoms with Crippen molar-refractivity contribution in [3.05, 3.63) is 0 Å². The lowest BCUT2D eigenvalue weighted by Gasteiger charge is -2.09. The van der Waals surface area contributed by atoms with E-state index in [-0.39, 0.29) is 0 Å². The molecule has 52 valence electrons. The molecule has 2 nitrogen and oxygen atoms in total. The smallest absolute Gasteiger partial charge is 0.383 e. The highest BCUT2D eigenvalue weighted by Crippen LogP contribution is 2.21. The minimum absolute atomic E-state index is 0.899. The van der Waals surface area contributed by atoms with Gasteiger partial charge in [0, 0.05) is 0 Å². The molecule has 0 amide bonds. The Kier molecular flexibility index (Phi) is 2.46. The molecule has 0 aromatic heterocycles. The molecule has 1 atom stereocenters. The van der Waals surface area contributed by atoms with Crippen LogP contribution in [0.15, 0.2) is 0 Å². The molecule has 1 unspecified atom stereocenters. The monoisotopic (exact) mass is 139 g/mol. The summed E-state index contributed by atoms with van der Waals surface area (Å²) in [7, 11) is 0. The highest BCUT2D eigenvalue weighted by atomic mass is 19.4. The lowest BCUT2D eigenvalue weighted by Crippen LogP contribution is -2.27. The molecule has 1 N–H and O–H groups in total. The van der Waals surface area contributed by atoms with Crippen molar-refractivity contribution in [2.75, 3.05) is 0 Å². The summed E-state index contributed by atoms with van der Waals surface area (Å²) >= 11 is 0. The van der Waals surface area contributed by atoms with Crippen LogP contribution in [-0.4, -0.2) is 17.4 Å². The molecule has 0 saturated carbocycles. The molecule has 0 aromatic carbocycles. The molecule has 0 bridgehead atoms. The molecule has 0 fully saturated rings. The fourth-order valence-electron chi connectivity index (χ4n) is 0.202. The van der Waals surface area contributed by atoms with Crippen LogP contribution >= 0.6 is 0 Å². The second kappa shape index (κ2) is 2.69. The van der Waals surface area contributed by atoms with Gasteiger partial charge in [0.2, 0.25) is 0 Å². The van der Waals surface area contributed by atoms with E-state index in [4.69, 9.17) is 10.4 Å². The Morgan fingerprint density at radius 1 is 1.56 bits per heavy atom. The molecular weight excluding hydrogens is 135 g/mol. The van der Waals surface area contributed by atoms with E-state index in [1.165, 1.54) is 6.07 Å². The first-order chi connectivity index (χ1) is 3.98. The van der Waals surface area contributed by atoms with Crippen LogP contribution in [0.4, 0.5) is 13.2 Å². The zero-order valence-corrected chi connectivity index (χ0v) is 4.31. The molecule has 0 spiro atoms. The minimum atomic E-state index is -4.66. The van der Waals surface area contributed by atoms with Crippen LogP contribution in [-0.2, 0) is 0 Å². The highest BCUT2D eigenvalue weighted by Gasteiger charge is 2.37. The average molecular weight is 139 g/mol. The number of aliphatic hydroxyl groups excluding tert-OH is 1. The van der Waals surface area contributed by atoms with Gasteiger partial charge < -0.3 is 5.11 Å². The van der Waals surface area contributed by atoms with Crippen molar-refractivity contribution >= 4 is 0 Å². The first-order valence-corrected chi connectivity index (χ1v) is 2.10. The van der Waals surface area contributed by atoms with Crippen LogP contribution in [0.5, 0.6) is 0 Å². The summed E-state index contributed by atoms with van der Waals surface area (Å²) < 4.78 is 33.7. The molecule has 0 rings (SSSR count). The lowest BCUT2D eigenvalue weighted by molar-refractivity contribution is -0.201. The second-order valence-electron chi connectivity index (χ2n) is 1.42. The second-order valence-corrected chi connectivity index (χ2v) is 1.42. The van der Waals surface area contributed by atoms with Crippen LogP contribution in [0.2, 0.25) is 0 Å². The Bertz CT molecular complexity index is 125. The van der Waals surface area contributed by atoms with Gasteiger partial charge in [0.1, 0.15) is 0 Å². The van der Waals surface area contributed by atoms with Gasteiger partial charge in [0.15, 0.2) is 6.10 Å². The minimum Gasteiger partial charge on any atom is -0.383 e. The zero-order valence-electron chi connectivity index (χ0n) is 4.31. The zero-order chi connectivity index (χ0) is 7.49. The van der Waals surface area contributed by atoms with Crippen molar-refractivity contribution in [3.8, 4) is 6.07 Å². The van der Waals surface area contributed by atoms with E-state index in [9.17, 15) is 13.2 Å². The van der Waals surface area contributed by atoms with E-state index in [0.29, 0.717) is 0 Å². The van der Waals surface area contributed by atoms with Gasteiger partial charge in [-0.3, -0.25) is 0 Å². The van der Waals surface area contributed by atoms with Gasteiger partial charge in [-0.2, -0.15) is 18.4 Å². The number of aliphatic hydroxyl groups is 1. The molecule has 0 aliphatic carbocycles. The summed E-state index contributed by atoms with van der Waals surface area (Å²) in [5, 5.41) is 15.7. The van der Waals surface area contributed by atoms with Gasteiger partial charge in [-0.15, -0.1) is 0 Å². The highest BCUT2D eigenvalue weighted by molar-refractivity contribution is 4.79. The third-order valence-corrected chi connectivity index (χ3v) is 0.662. The van der Waals surface area contributed by atoms with E-state index >= 15 is 0 Å². The van der Waals surface area contributed by atoms with Gasteiger partial charge in [0.25, 0.3) is 0 Å². The molecule has 0 aromatic rings. The topological polar surface area (TPSA) is 44.0 Å². The van der Waals surface area contributed by atoms with Gasteiger partial charge in [0.05, 0.1) is 12.5 Å². The quantitative estimate of drug-likeness (QED) is 0.584. The van der Waals surface area contributed by atoms with Crippen LogP contribution < -0.4 is 0 Å². The van der Waals surface area contributed by atoms with E-state index < -0.39 is 18.7 Å². The van der Waals surface area contributed by atoms with Crippen LogP contribution in [0.3, 0.4) is 0 Å². The van der Waals surface area contributed by atoms with Crippen molar-refractivity contribution in [3.63, 3.8) is 0 Å². The molecule has 0 aliphatic rings. The Hall–Kier alpha value is -0.760.